The predicted molar refractivity (Wildman–Crippen MR) is 145 cm³/mol. The van der Waals surface area contributed by atoms with Gasteiger partial charge in [0.05, 0.1) is 0 Å². The molecule has 5 aromatic rings. The third-order valence-corrected chi connectivity index (χ3v) is 5.97. The van der Waals surface area contributed by atoms with Crippen LogP contribution in [0, 0.1) is 13.0 Å². The maximum atomic E-state index is 3.30. The second kappa shape index (κ2) is 16.1. The van der Waals surface area contributed by atoms with Gasteiger partial charge in [0.25, 0.3) is 0 Å². The predicted octanol–water partition coefficient (Wildman–Crippen LogP) is 2.31. The van der Waals surface area contributed by atoms with Gasteiger partial charge in [0.2, 0.25) is 0 Å². The van der Waals surface area contributed by atoms with Crippen LogP contribution in [-0.4, -0.2) is 9.52 Å². The number of halogens is 2. The Balaban J connectivity index is 0.000000308. The standard InChI is InChI=1S/C17H15.C13H9.C2H6Si.2ClH.Zr/c1-13-11-15-9-5-6-10-16(15)17(13)12-14-7-3-2-4-8-14;1-3-7-12-10(5-1)9-11-6-2-4-8-13(11)12;1-3-2;;;/h2-11H,12H2,1H3;1-5,7-8H,9H2;1-2H3;2*1H;/q2*-1;;;;+4/p-2. The Morgan fingerprint density at radius 2 is 1.39 bits per heavy atom. The van der Waals surface area contributed by atoms with E-state index in [0.29, 0.717) is 0 Å². The molecule has 0 aliphatic heterocycles. The van der Waals surface area contributed by atoms with E-state index in [0.717, 1.165) is 22.4 Å². The van der Waals surface area contributed by atoms with Gasteiger partial charge in [0.1, 0.15) is 0 Å². The fraction of sp³-hybridized carbons (Fsp3) is 0.156. The van der Waals surface area contributed by atoms with Gasteiger partial charge in [0, 0.05) is 9.52 Å². The van der Waals surface area contributed by atoms with E-state index < -0.39 is 0 Å². The quantitative estimate of drug-likeness (QED) is 0.210. The summed E-state index contributed by atoms with van der Waals surface area (Å²) in [6, 6.07) is 39.7. The summed E-state index contributed by atoms with van der Waals surface area (Å²) in [4.78, 5) is 0. The van der Waals surface area contributed by atoms with E-state index >= 15 is 0 Å². The minimum Gasteiger partial charge on any atom is -1.00 e. The average molecular weight is 605 g/mol. The first-order valence-electron chi connectivity index (χ1n) is 11.6. The van der Waals surface area contributed by atoms with Crippen molar-refractivity contribution < 1.29 is 51.0 Å². The number of fused-ring (bicyclic) bond motifs is 4. The Hall–Kier alpha value is -1.83. The van der Waals surface area contributed by atoms with Gasteiger partial charge in [-0.2, -0.15) is 29.8 Å². The van der Waals surface area contributed by atoms with Crippen molar-refractivity contribution in [2.45, 2.75) is 32.9 Å². The van der Waals surface area contributed by atoms with Crippen LogP contribution in [0.3, 0.4) is 0 Å². The monoisotopic (exact) mass is 602 g/mol. The van der Waals surface area contributed by atoms with Crippen LogP contribution in [0.25, 0.3) is 21.9 Å². The van der Waals surface area contributed by atoms with Crippen LogP contribution in [0.2, 0.25) is 13.1 Å². The summed E-state index contributed by atoms with van der Waals surface area (Å²) in [5.41, 5.74) is 9.75. The maximum absolute atomic E-state index is 3.30. The molecule has 180 valence electrons. The Bertz CT molecular complexity index is 1290. The molecule has 5 aromatic carbocycles. The molecule has 6 rings (SSSR count). The Labute approximate surface area is 250 Å². The van der Waals surface area contributed by atoms with E-state index in [9.17, 15) is 0 Å². The molecule has 36 heavy (non-hydrogen) atoms. The van der Waals surface area contributed by atoms with Crippen LogP contribution in [-0.2, 0) is 39.0 Å². The van der Waals surface area contributed by atoms with E-state index in [1.165, 1.54) is 49.7 Å². The minimum absolute atomic E-state index is 0. The molecule has 0 saturated heterocycles. The minimum atomic E-state index is 0. The van der Waals surface area contributed by atoms with Crippen molar-refractivity contribution in [3.05, 3.63) is 137 Å². The number of hydrogen-bond acceptors (Lipinski definition) is 0. The van der Waals surface area contributed by atoms with Crippen molar-refractivity contribution in [3.63, 3.8) is 0 Å². The molecule has 0 bridgehead atoms. The summed E-state index contributed by atoms with van der Waals surface area (Å²) < 4.78 is 0. The molecular weight excluding hydrogens is 575 g/mol. The molecule has 0 heterocycles. The summed E-state index contributed by atoms with van der Waals surface area (Å²) in [5.74, 6) is 0. The summed E-state index contributed by atoms with van der Waals surface area (Å²) in [6.07, 6.45) is 2.08. The van der Waals surface area contributed by atoms with Crippen LogP contribution in [0.4, 0.5) is 0 Å². The van der Waals surface area contributed by atoms with Gasteiger partial charge < -0.3 is 24.8 Å². The Kier molecular flexibility index (Phi) is 14.4. The summed E-state index contributed by atoms with van der Waals surface area (Å²) >= 11 is 0. The molecule has 0 N–H and O–H groups in total. The topological polar surface area (TPSA) is 0 Å². The number of rotatable bonds is 2. The van der Waals surface area contributed by atoms with Crippen LogP contribution in [0.1, 0.15) is 27.8 Å². The molecule has 0 saturated carbocycles. The summed E-state index contributed by atoms with van der Waals surface area (Å²) in [7, 11) is 1.08. The van der Waals surface area contributed by atoms with Crippen molar-refractivity contribution in [2.75, 3.05) is 0 Å². The first-order chi connectivity index (χ1) is 16.2. The van der Waals surface area contributed by atoms with Gasteiger partial charge in [-0.1, -0.05) is 97.4 Å². The molecule has 0 fully saturated rings. The Morgan fingerprint density at radius 3 is 2.14 bits per heavy atom. The zero-order valence-electron chi connectivity index (χ0n) is 21.0. The molecule has 0 nitrogen and oxygen atoms in total. The molecule has 1 aliphatic rings. The van der Waals surface area contributed by atoms with Crippen LogP contribution in [0.15, 0.2) is 103 Å². The molecule has 0 unspecified atom stereocenters. The molecule has 0 spiro atoms. The van der Waals surface area contributed by atoms with Crippen molar-refractivity contribution >= 4 is 20.3 Å². The van der Waals surface area contributed by atoms with Crippen LogP contribution < -0.4 is 24.8 Å². The van der Waals surface area contributed by atoms with E-state index in [2.05, 4.69) is 123 Å². The SMILES string of the molecule is C[Si]C.Cc1[cH-]c2ccccc2c1Cc1ccccc1.[Cl-].[Cl-].[Zr+4].[c-]1cccc2c1Cc1ccccc1-2. The number of hydrogen-bond donors (Lipinski definition) is 0. The number of aryl methyl sites for hydroxylation is 1. The van der Waals surface area contributed by atoms with Crippen molar-refractivity contribution in [2.24, 2.45) is 0 Å². The van der Waals surface area contributed by atoms with Gasteiger partial charge in [0.15, 0.2) is 0 Å². The largest absolute Gasteiger partial charge is 4.00 e. The van der Waals surface area contributed by atoms with Gasteiger partial charge in [-0.15, -0.1) is 51.7 Å². The summed E-state index contributed by atoms with van der Waals surface area (Å²) in [5, 5.41) is 2.75. The van der Waals surface area contributed by atoms with E-state index in [4.69, 9.17) is 0 Å². The van der Waals surface area contributed by atoms with Gasteiger partial charge >= 0.3 is 26.2 Å². The zero-order chi connectivity index (χ0) is 23.0. The second-order valence-electron chi connectivity index (χ2n) is 8.45. The van der Waals surface area contributed by atoms with E-state index in [-0.39, 0.29) is 51.0 Å². The second-order valence-corrected chi connectivity index (χ2v) is 9.45. The molecule has 0 aromatic heterocycles. The fourth-order valence-electron chi connectivity index (χ4n) is 4.46. The van der Waals surface area contributed by atoms with E-state index in [1.807, 2.05) is 6.07 Å². The van der Waals surface area contributed by atoms with Crippen molar-refractivity contribution in [1.82, 2.24) is 0 Å². The smallest absolute Gasteiger partial charge is 1.00 e. The fourth-order valence-corrected chi connectivity index (χ4v) is 4.46. The first kappa shape index (κ1) is 32.2. The molecule has 0 amide bonds. The molecule has 4 heteroatoms. The number of benzene rings is 4. The van der Waals surface area contributed by atoms with Crippen molar-refractivity contribution in [1.29, 1.82) is 0 Å². The van der Waals surface area contributed by atoms with Crippen molar-refractivity contribution in [3.8, 4) is 11.1 Å². The van der Waals surface area contributed by atoms with Gasteiger partial charge in [-0.05, 0) is 12.8 Å². The van der Waals surface area contributed by atoms with E-state index in [1.54, 1.807) is 0 Å². The molecule has 1 aliphatic carbocycles. The third kappa shape index (κ3) is 7.83. The van der Waals surface area contributed by atoms with Gasteiger partial charge in [-0.3, -0.25) is 0 Å². The van der Waals surface area contributed by atoms with Gasteiger partial charge in [-0.25, -0.2) is 0 Å². The zero-order valence-corrected chi connectivity index (χ0v) is 26.0. The normalized spacial score (nSPS) is 10.1. The molecule has 0 atom stereocenters. The maximum Gasteiger partial charge on any atom is 4.00 e. The molecule has 2 radical (unpaired) electrons. The average Bonchev–Trinajstić information content (AvgIpc) is 3.38. The summed E-state index contributed by atoms with van der Waals surface area (Å²) in [6.45, 7) is 6.51. The van der Waals surface area contributed by atoms with Crippen LogP contribution >= 0.6 is 0 Å². The van der Waals surface area contributed by atoms with Crippen LogP contribution in [0.5, 0.6) is 0 Å². The Morgan fingerprint density at radius 1 is 0.778 bits per heavy atom. The first-order valence-corrected chi connectivity index (χ1v) is 13.6. The molecular formula is C32H30Cl2SiZr. The third-order valence-electron chi connectivity index (χ3n) is 5.97.